The van der Waals surface area contributed by atoms with E-state index in [-0.39, 0.29) is 24.5 Å². The number of carbonyl (C=O) groups is 2. The molecule has 0 aliphatic carbocycles. The van der Waals surface area contributed by atoms with Crippen LogP contribution in [0.5, 0.6) is 5.75 Å². The molecule has 6 heteroatoms. The number of para-hydroxylation sites is 1. The van der Waals surface area contributed by atoms with Crippen molar-refractivity contribution in [1.82, 2.24) is 9.80 Å². The van der Waals surface area contributed by atoms with Crippen LogP contribution in [0.1, 0.15) is 12.8 Å². The lowest BCUT2D eigenvalue weighted by molar-refractivity contribution is -0.146. The van der Waals surface area contributed by atoms with Gasteiger partial charge in [-0.2, -0.15) is 0 Å². The van der Waals surface area contributed by atoms with Crippen LogP contribution in [0.3, 0.4) is 0 Å². The first-order chi connectivity index (χ1) is 14.2. The van der Waals surface area contributed by atoms with Crippen LogP contribution in [-0.4, -0.2) is 67.1 Å². The molecule has 0 saturated carbocycles. The van der Waals surface area contributed by atoms with Gasteiger partial charge in [0.2, 0.25) is 0 Å². The number of hydrogen-bond acceptors (Lipinski definition) is 4. The molecular weight excluding hydrogens is 368 g/mol. The Morgan fingerprint density at radius 1 is 0.931 bits per heavy atom. The highest BCUT2D eigenvalue weighted by molar-refractivity contribution is 5.82. The third-order valence-corrected chi connectivity index (χ3v) is 5.47. The summed E-state index contributed by atoms with van der Waals surface area (Å²) < 4.78 is 11.4. The summed E-state index contributed by atoms with van der Waals surface area (Å²) in [5, 5.41) is 0. The van der Waals surface area contributed by atoms with Gasteiger partial charge in [0.25, 0.3) is 11.8 Å². The minimum atomic E-state index is -0.296. The maximum Gasteiger partial charge on any atom is 0.260 e. The average molecular weight is 394 g/mol. The highest BCUT2D eigenvalue weighted by atomic mass is 16.5. The molecule has 0 N–H and O–H groups in total. The molecule has 2 aromatic rings. The van der Waals surface area contributed by atoms with E-state index in [0.29, 0.717) is 38.5 Å². The molecule has 2 aromatic carbocycles. The number of rotatable bonds is 5. The Morgan fingerprint density at radius 2 is 1.62 bits per heavy atom. The normalized spacial score (nSPS) is 19.2. The summed E-state index contributed by atoms with van der Waals surface area (Å²) >= 11 is 0. The van der Waals surface area contributed by atoms with E-state index in [4.69, 9.17) is 9.47 Å². The zero-order chi connectivity index (χ0) is 20.1. The van der Waals surface area contributed by atoms with Crippen LogP contribution in [0.15, 0.2) is 54.6 Å². The highest BCUT2D eigenvalue weighted by Gasteiger charge is 2.31. The largest absolute Gasteiger partial charge is 0.483 e. The number of amides is 2. The molecule has 2 saturated heterocycles. The minimum Gasteiger partial charge on any atom is -0.483 e. The third-order valence-electron chi connectivity index (χ3n) is 5.47. The number of carbonyl (C=O) groups excluding carboxylic acids is 2. The molecule has 2 aliphatic rings. The van der Waals surface area contributed by atoms with Crippen molar-refractivity contribution >= 4 is 11.8 Å². The predicted molar refractivity (Wildman–Crippen MR) is 110 cm³/mol. The summed E-state index contributed by atoms with van der Waals surface area (Å²) in [7, 11) is 0. The van der Waals surface area contributed by atoms with Gasteiger partial charge in [0.05, 0.1) is 0 Å². The number of piperazine rings is 1. The summed E-state index contributed by atoms with van der Waals surface area (Å²) in [5.41, 5.74) is 2.02. The van der Waals surface area contributed by atoms with Gasteiger partial charge in [0.15, 0.2) is 6.61 Å². The lowest BCUT2D eigenvalue weighted by atomic mass is 10.1. The van der Waals surface area contributed by atoms with E-state index >= 15 is 0 Å². The van der Waals surface area contributed by atoms with Crippen LogP contribution in [0.25, 0.3) is 11.1 Å². The summed E-state index contributed by atoms with van der Waals surface area (Å²) in [6.07, 6.45) is 1.44. The molecule has 1 unspecified atom stereocenters. The molecule has 0 radical (unpaired) electrons. The fourth-order valence-corrected chi connectivity index (χ4v) is 3.83. The lowest BCUT2D eigenvalue weighted by Gasteiger charge is -2.35. The standard InChI is InChI=1S/C23H26N2O4/c26-22(24-12-14-25(15-13-24)23(27)21-11-6-16-28-21)17-29-20-10-5-4-9-19(20)18-7-2-1-3-8-18/h1-5,7-10,21H,6,11-17H2. The quantitative estimate of drug-likeness (QED) is 0.782. The van der Waals surface area contributed by atoms with Gasteiger partial charge >= 0.3 is 0 Å². The van der Waals surface area contributed by atoms with Gasteiger partial charge in [-0.3, -0.25) is 9.59 Å². The van der Waals surface area contributed by atoms with Crippen molar-refractivity contribution < 1.29 is 19.1 Å². The van der Waals surface area contributed by atoms with Gasteiger partial charge < -0.3 is 19.3 Å². The number of hydrogen-bond donors (Lipinski definition) is 0. The summed E-state index contributed by atoms with van der Waals surface area (Å²) in [6.45, 7) is 2.80. The molecule has 0 spiro atoms. The molecule has 6 nitrogen and oxygen atoms in total. The van der Waals surface area contributed by atoms with E-state index in [1.807, 2.05) is 59.5 Å². The fourth-order valence-electron chi connectivity index (χ4n) is 3.83. The lowest BCUT2D eigenvalue weighted by Crippen LogP contribution is -2.53. The van der Waals surface area contributed by atoms with Gasteiger partial charge in [0.1, 0.15) is 11.9 Å². The summed E-state index contributed by atoms with van der Waals surface area (Å²) in [5.74, 6) is 0.693. The first kappa shape index (κ1) is 19.5. The molecule has 29 heavy (non-hydrogen) atoms. The van der Waals surface area contributed by atoms with Crippen molar-refractivity contribution in [1.29, 1.82) is 0 Å². The number of nitrogens with zero attached hydrogens (tertiary/aromatic N) is 2. The SMILES string of the molecule is O=C(COc1ccccc1-c1ccccc1)N1CCN(C(=O)C2CCCO2)CC1. The monoisotopic (exact) mass is 394 g/mol. The maximum absolute atomic E-state index is 12.6. The van der Waals surface area contributed by atoms with Crippen LogP contribution < -0.4 is 4.74 Å². The molecule has 2 amide bonds. The number of benzene rings is 2. The van der Waals surface area contributed by atoms with Crippen molar-refractivity contribution in [3.8, 4) is 16.9 Å². The van der Waals surface area contributed by atoms with Crippen molar-refractivity contribution in [2.75, 3.05) is 39.4 Å². The Morgan fingerprint density at radius 3 is 2.34 bits per heavy atom. The Labute approximate surface area is 171 Å². The Balaban J connectivity index is 1.31. The molecule has 2 fully saturated rings. The second kappa shape index (κ2) is 9.09. The third kappa shape index (κ3) is 4.59. The van der Waals surface area contributed by atoms with Crippen molar-refractivity contribution in [2.24, 2.45) is 0 Å². The van der Waals surface area contributed by atoms with Gasteiger partial charge in [-0.15, -0.1) is 0 Å². The molecule has 4 rings (SSSR count). The van der Waals surface area contributed by atoms with E-state index in [1.54, 1.807) is 4.90 Å². The molecular formula is C23H26N2O4. The first-order valence-electron chi connectivity index (χ1n) is 10.2. The van der Waals surface area contributed by atoms with Gasteiger partial charge in [-0.1, -0.05) is 48.5 Å². The van der Waals surface area contributed by atoms with Crippen molar-refractivity contribution in [2.45, 2.75) is 18.9 Å². The molecule has 152 valence electrons. The zero-order valence-electron chi connectivity index (χ0n) is 16.5. The van der Waals surface area contributed by atoms with E-state index < -0.39 is 0 Å². The van der Waals surface area contributed by atoms with E-state index in [9.17, 15) is 9.59 Å². The highest BCUT2D eigenvalue weighted by Crippen LogP contribution is 2.29. The molecule has 2 aliphatic heterocycles. The summed E-state index contributed by atoms with van der Waals surface area (Å²) in [4.78, 5) is 28.6. The fraction of sp³-hybridized carbons (Fsp3) is 0.391. The van der Waals surface area contributed by atoms with Crippen LogP contribution in [0, 0.1) is 0 Å². The smallest absolute Gasteiger partial charge is 0.260 e. The van der Waals surface area contributed by atoms with Gasteiger partial charge in [0, 0.05) is 38.3 Å². The predicted octanol–water partition coefficient (Wildman–Crippen LogP) is 2.58. The average Bonchev–Trinajstić information content (AvgIpc) is 3.33. The topological polar surface area (TPSA) is 59.1 Å². The molecule has 0 bridgehead atoms. The molecule has 2 heterocycles. The molecule has 1 atom stereocenters. The van der Waals surface area contributed by atoms with Crippen molar-refractivity contribution in [3.63, 3.8) is 0 Å². The van der Waals surface area contributed by atoms with Crippen LogP contribution in [0.4, 0.5) is 0 Å². The Bertz CT molecular complexity index is 841. The molecule has 0 aromatic heterocycles. The minimum absolute atomic E-state index is 0.0104. The van der Waals surface area contributed by atoms with E-state index in [1.165, 1.54) is 0 Å². The van der Waals surface area contributed by atoms with E-state index in [0.717, 1.165) is 24.0 Å². The van der Waals surface area contributed by atoms with Crippen LogP contribution in [-0.2, 0) is 14.3 Å². The Hall–Kier alpha value is -2.86. The maximum atomic E-state index is 12.6. The van der Waals surface area contributed by atoms with Crippen molar-refractivity contribution in [3.05, 3.63) is 54.6 Å². The second-order valence-electron chi connectivity index (χ2n) is 7.36. The first-order valence-corrected chi connectivity index (χ1v) is 10.2. The Kier molecular flexibility index (Phi) is 6.10. The van der Waals surface area contributed by atoms with Crippen LogP contribution >= 0.6 is 0 Å². The second-order valence-corrected chi connectivity index (χ2v) is 7.36. The number of ether oxygens (including phenoxy) is 2. The summed E-state index contributed by atoms with van der Waals surface area (Å²) in [6, 6.07) is 17.7. The van der Waals surface area contributed by atoms with Crippen LogP contribution in [0.2, 0.25) is 0 Å². The van der Waals surface area contributed by atoms with Gasteiger partial charge in [-0.05, 0) is 24.5 Å². The zero-order valence-corrected chi connectivity index (χ0v) is 16.5. The van der Waals surface area contributed by atoms with Gasteiger partial charge in [-0.25, -0.2) is 0 Å². The van der Waals surface area contributed by atoms with E-state index in [2.05, 4.69) is 0 Å².